The van der Waals surface area contributed by atoms with Gasteiger partial charge in [-0.05, 0) is 47.9 Å². The number of ether oxygens (including phenoxy) is 1. The Kier molecular flexibility index (Phi) is 6.63. The number of pyridine rings is 1. The lowest BCUT2D eigenvalue weighted by atomic mass is 10.0. The van der Waals surface area contributed by atoms with Crippen LogP contribution < -0.4 is 15.4 Å². The molecule has 144 valence electrons. The molecule has 2 aromatic carbocycles. The number of amides is 1. The molecule has 5 nitrogen and oxygen atoms in total. The van der Waals surface area contributed by atoms with Crippen LogP contribution in [0.4, 0.5) is 17.2 Å². The van der Waals surface area contributed by atoms with Crippen LogP contribution in [0.15, 0.2) is 72.9 Å². The quantitative estimate of drug-likeness (QED) is 0.557. The number of hydrogen-bond acceptors (Lipinski definition) is 4. The molecule has 0 saturated carbocycles. The Labute approximate surface area is 165 Å². The lowest BCUT2D eigenvalue weighted by Gasteiger charge is -2.10. The van der Waals surface area contributed by atoms with Crippen molar-refractivity contribution in [2.75, 3.05) is 17.2 Å². The molecule has 0 aliphatic rings. The number of carbonyl (C=O) groups excluding carboxylic acids is 1. The minimum absolute atomic E-state index is 0.109. The fourth-order valence-electron chi connectivity index (χ4n) is 2.64. The van der Waals surface area contributed by atoms with Gasteiger partial charge in [-0.25, -0.2) is 4.98 Å². The molecule has 0 unspecified atom stereocenters. The zero-order chi connectivity index (χ0) is 19.8. The molecule has 0 bridgehead atoms. The second kappa shape index (κ2) is 9.55. The molecular weight excluding hydrogens is 350 g/mol. The van der Waals surface area contributed by atoms with Crippen molar-refractivity contribution in [1.29, 1.82) is 0 Å². The van der Waals surface area contributed by atoms with Crippen molar-refractivity contribution >= 4 is 23.1 Å². The minimum Gasteiger partial charge on any atom is -0.493 e. The van der Waals surface area contributed by atoms with Crippen LogP contribution in [-0.2, 0) is 4.79 Å². The van der Waals surface area contributed by atoms with Gasteiger partial charge in [0.05, 0.1) is 24.9 Å². The Morgan fingerprint density at radius 3 is 2.32 bits per heavy atom. The van der Waals surface area contributed by atoms with Crippen molar-refractivity contribution < 1.29 is 9.53 Å². The standard InChI is InChI=1S/C23H25N3O2/c1-17(2)18-8-10-19(11-9-18)25-22-13-12-20(16-24-22)26-23(27)14-15-28-21-6-4-3-5-7-21/h3-13,16-17H,14-15H2,1-2H3,(H,24,25)(H,26,27). The van der Waals surface area contributed by atoms with Gasteiger partial charge in [-0.3, -0.25) is 4.79 Å². The number of para-hydroxylation sites is 1. The maximum atomic E-state index is 12.0. The Morgan fingerprint density at radius 1 is 0.964 bits per heavy atom. The number of benzene rings is 2. The van der Waals surface area contributed by atoms with Gasteiger partial charge >= 0.3 is 0 Å². The molecule has 1 amide bonds. The molecule has 0 fully saturated rings. The molecule has 0 radical (unpaired) electrons. The molecule has 0 spiro atoms. The number of rotatable bonds is 8. The van der Waals surface area contributed by atoms with Gasteiger partial charge in [-0.15, -0.1) is 0 Å². The van der Waals surface area contributed by atoms with Gasteiger partial charge in [0.15, 0.2) is 0 Å². The van der Waals surface area contributed by atoms with Gasteiger partial charge in [0.1, 0.15) is 11.6 Å². The molecule has 3 aromatic rings. The molecule has 1 aromatic heterocycles. The third-order valence-electron chi connectivity index (χ3n) is 4.24. The first-order chi connectivity index (χ1) is 13.6. The Balaban J connectivity index is 1.46. The highest BCUT2D eigenvalue weighted by molar-refractivity contribution is 5.90. The summed E-state index contributed by atoms with van der Waals surface area (Å²) in [5, 5.41) is 6.09. The van der Waals surface area contributed by atoms with E-state index in [9.17, 15) is 4.79 Å². The van der Waals surface area contributed by atoms with E-state index in [1.165, 1.54) is 5.56 Å². The molecule has 3 rings (SSSR count). The topological polar surface area (TPSA) is 63.2 Å². The van der Waals surface area contributed by atoms with Crippen LogP contribution in [-0.4, -0.2) is 17.5 Å². The lowest BCUT2D eigenvalue weighted by molar-refractivity contribution is -0.116. The number of hydrogen-bond donors (Lipinski definition) is 2. The first-order valence-electron chi connectivity index (χ1n) is 9.41. The van der Waals surface area contributed by atoms with Crippen molar-refractivity contribution in [1.82, 2.24) is 4.98 Å². The summed E-state index contributed by atoms with van der Waals surface area (Å²) in [5.74, 6) is 1.88. The molecule has 0 atom stereocenters. The summed E-state index contributed by atoms with van der Waals surface area (Å²) in [5.41, 5.74) is 2.94. The van der Waals surface area contributed by atoms with E-state index >= 15 is 0 Å². The molecule has 5 heteroatoms. The summed E-state index contributed by atoms with van der Waals surface area (Å²) in [6, 6.07) is 21.4. The van der Waals surface area contributed by atoms with Crippen molar-refractivity contribution in [3.05, 3.63) is 78.5 Å². The molecular formula is C23H25N3O2. The van der Waals surface area contributed by atoms with Gasteiger partial charge < -0.3 is 15.4 Å². The SMILES string of the molecule is CC(C)c1ccc(Nc2ccc(NC(=O)CCOc3ccccc3)cn2)cc1. The smallest absolute Gasteiger partial charge is 0.227 e. The monoisotopic (exact) mass is 375 g/mol. The van der Waals surface area contributed by atoms with Crippen molar-refractivity contribution in [2.45, 2.75) is 26.2 Å². The number of nitrogens with one attached hydrogen (secondary N) is 2. The normalized spacial score (nSPS) is 10.5. The highest BCUT2D eigenvalue weighted by Gasteiger charge is 2.05. The van der Waals surface area contributed by atoms with Crippen LogP contribution >= 0.6 is 0 Å². The zero-order valence-corrected chi connectivity index (χ0v) is 16.2. The Bertz CT molecular complexity index is 876. The maximum Gasteiger partial charge on any atom is 0.227 e. The number of nitrogens with zero attached hydrogens (tertiary/aromatic N) is 1. The summed E-state index contributed by atoms with van der Waals surface area (Å²) < 4.78 is 5.54. The predicted molar refractivity (Wildman–Crippen MR) is 113 cm³/mol. The average molecular weight is 375 g/mol. The second-order valence-electron chi connectivity index (χ2n) is 6.79. The van der Waals surface area contributed by atoms with Crippen LogP contribution in [0.1, 0.15) is 31.7 Å². The van der Waals surface area contributed by atoms with E-state index in [-0.39, 0.29) is 12.3 Å². The van der Waals surface area contributed by atoms with Gasteiger partial charge in [-0.2, -0.15) is 0 Å². The largest absolute Gasteiger partial charge is 0.493 e. The Hall–Kier alpha value is -3.34. The minimum atomic E-state index is -0.109. The summed E-state index contributed by atoms with van der Waals surface area (Å²) >= 11 is 0. The highest BCUT2D eigenvalue weighted by Crippen LogP contribution is 2.20. The molecule has 1 heterocycles. The van der Waals surface area contributed by atoms with Crippen LogP contribution in [0.2, 0.25) is 0 Å². The van der Waals surface area contributed by atoms with E-state index in [0.717, 1.165) is 17.3 Å². The fourth-order valence-corrected chi connectivity index (χ4v) is 2.64. The van der Waals surface area contributed by atoms with Crippen LogP contribution in [0.5, 0.6) is 5.75 Å². The van der Waals surface area contributed by atoms with E-state index in [0.29, 0.717) is 18.2 Å². The third kappa shape index (κ3) is 5.84. The first kappa shape index (κ1) is 19.4. The fraction of sp³-hybridized carbons (Fsp3) is 0.217. The summed E-state index contributed by atoms with van der Waals surface area (Å²) in [6.45, 7) is 4.67. The van der Waals surface area contributed by atoms with Crippen LogP contribution in [0.25, 0.3) is 0 Å². The number of anilines is 3. The highest BCUT2D eigenvalue weighted by atomic mass is 16.5. The molecule has 28 heavy (non-hydrogen) atoms. The zero-order valence-electron chi connectivity index (χ0n) is 16.2. The van der Waals surface area contributed by atoms with Crippen molar-refractivity contribution in [3.8, 4) is 5.75 Å². The Morgan fingerprint density at radius 2 is 1.68 bits per heavy atom. The van der Waals surface area contributed by atoms with E-state index < -0.39 is 0 Å². The van der Waals surface area contributed by atoms with Crippen LogP contribution in [0.3, 0.4) is 0 Å². The van der Waals surface area contributed by atoms with E-state index in [1.54, 1.807) is 6.20 Å². The van der Waals surface area contributed by atoms with Crippen molar-refractivity contribution in [3.63, 3.8) is 0 Å². The average Bonchev–Trinajstić information content (AvgIpc) is 2.71. The summed E-state index contributed by atoms with van der Waals surface area (Å²) in [4.78, 5) is 16.4. The van der Waals surface area contributed by atoms with Gasteiger partial charge in [0.2, 0.25) is 5.91 Å². The maximum absolute atomic E-state index is 12.0. The number of aromatic nitrogens is 1. The van der Waals surface area contributed by atoms with Gasteiger partial charge in [0.25, 0.3) is 0 Å². The van der Waals surface area contributed by atoms with Gasteiger partial charge in [0, 0.05) is 5.69 Å². The van der Waals surface area contributed by atoms with E-state index in [4.69, 9.17) is 4.74 Å². The summed E-state index contributed by atoms with van der Waals surface area (Å²) in [6.07, 6.45) is 1.91. The molecule has 0 aliphatic heterocycles. The summed E-state index contributed by atoms with van der Waals surface area (Å²) in [7, 11) is 0. The van der Waals surface area contributed by atoms with Crippen molar-refractivity contribution in [2.24, 2.45) is 0 Å². The van der Waals surface area contributed by atoms with E-state index in [1.807, 2.05) is 54.6 Å². The van der Waals surface area contributed by atoms with E-state index in [2.05, 4.69) is 41.6 Å². The predicted octanol–water partition coefficient (Wildman–Crippen LogP) is 5.36. The molecule has 0 aliphatic carbocycles. The molecule has 2 N–H and O–H groups in total. The first-order valence-corrected chi connectivity index (χ1v) is 9.41. The third-order valence-corrected chi connectivity index (χ3v) is 4.24. The second-order valence-corrected chi connectivity index (χ2v) is 6.79. The van der Waals surface area contributed by atoms with Gasteiger partial charge in [-0.1, -0.05) is 44.2 Å². The molecule has 0 saturated heterocycles. The van der Waals surface area contributed by atoms with Crippen LogP contribution in [0, 0.1) is 0 Å². The lowest BCUT2D eigenvalue weighted by Crippen LogP contribution is -2.15. The number of carbonyl (C=O) groups is 1.